The molecular weight excluding hydrogens is 212 g/mol. The van der Waals surface area contributed by atoms with Crippen LogP contribution in [0.15, 0.2) is 0 Å². The monoisotopic (exact) mass is 214 g/mol. The van der Waals surface area contributed by atoms with Crippen LogP contribution in [0.3, 0.4) is 0 Å². The van der Waals surface area contributed by atoms with E-state index in [2.05, 4.69) is 11.9 Å². The largest absolute Gasteiger partial charge is 2.00 e. The first-order chi connectivity index (χ1) is 1.00. The van der Waals surface area contributed by atoms with Gasteiger partial charge in [0.15, 0.2) is 0 Å². The molecule has 4 heavy (non-hydrogen) atoms. The summed E-state index contributed by atoms with van der Waals surface area (Å²) in [6, 6.07) is 0. The molecule has 0 saturated heterocycles. The fourth-order valence-electron chi connectivity index (χ4n) is 0. The van der Waals surface area contributed by atoms with E-state index in [0.717, 1.165) is 0 Å². The number of hydrogen-bond acceptors (Lipinski definition) is 1. The summed E-state index contributed by atoms with van der Waals surface area (Å²) in [5.41, 5.74) is 0. The normalized spacial score (nSPS) is 1.50. The fraction of sp³-hybridized carbons (Fsp3) is 0. The molecule has 0 aromatic heterocycles. The second-order valence-electron chi connectivity index (χ2n) is 0. The van der Waals surface area contributed by atoms with Gasteiger partial charge in [0.1, 0.15) is 0 Å². The Balaban J connectivity index is -0.000000000833. The maximum Gasteiger partial charge on any atom is 2.00 e. The summed E-state index contributed by atoms with van der Waals surface area (Å²) in [5, 5.41) is 0. The number of hydrogen-bond donors (Lipinski definition) is 0. The fourth-order valence-corrected chi connectivity index (χ4v) is 0. The zero-order valence-electron chi connectivity index (χ0n) is 4.49. The topological polar surface area (TPSA) is 23.1 Å². The van der Waals surface area contributed by atoms with Gasteiger partial charge in [-0.05, 0) is 0 Å². The molecule has 0 unspecified atom stereocenters. The van der Waals surface area contributed by atoms with E-state index in [4.69, 9.17) is 4.66 Å². The molecule has 0 amide bonds. The number of rotatable bonds is 0. The summed E-state index contributed by atoms with van der Waals surface area (Å²) in [6.07, 6.45) is 0. The molecule has 0 atom stereocenters. The molecule has 0 aromatic carbocycles. The van der Waals surface area contributed by atoms with Gasteiger partial charge in [-0.25, -0.2) is 11.9 Å². The van der Waals surface area contributed by atoms with Crippen LogP contribution in [0, 0.1) is 0 Å². The molecule has 0 aliphatic carbocycles. The third kappa shape index (κ3) is 8.84. The van der Waals surface area contributed by atoms with Gasteiger partial charge >= 0.3 is 78.4 Å². The molecular formula is H2BaClNaO. The maximum absolute atomic E-state index is 7.72. The predicted molar refractivity (Wildman–Crippen MR) is 13.8 cm³/mol. The summed E-state index contributed by atoms with van der Waals surface area (Å²) in [6.45, 7) is 0. The van der Waals surface area contributed by atoms with Crippen LogP contribution in [-0.2, 0) is 0 Å². The second-order valence-corrected chi connectivity index (χ2v) is 0. The Morgan fingerprint density at radius 3 is 1.50 bits per heavy atom. The Kier molecular flexibility index (Phi) is 67.3. The van der Waals surface area contributed by atoms with Crippen molar-refractivity contribution in [2.75, 3.05) is 0 Å². The van der Waals surface area contributed by atoms with Gasteiger partial charge < -0.3 is 7.51 Å². The Labute approximate surface area is 95.6 Å². The smallest absolute Gasteiger partial charge is 1.00 e. The van der Waals surface area contributed by atoms with E-state index in [0.29, 0.717) is 0 Å². The second kappa shape index (κ2) is 17.0. The van der Waals surface area contributed by atoms with Crippen LogP contribution >= 0.6 is 11.9 Å². The Morgan fingerprint density at radius 2 is 1.50 bits per heavy atom. The van der Waals surface area contributed by atoms with Gasteiger partial charge in [0, 0.05) is 0 Å². The molecule has 0 rings (SSSR count). The first-order valence-corrected chi connectivity index (χ1v) is 0.463. The van der Waals surface area contributed by atoms with Crippen LogP contribution in [0.5, 0.6) is 0 Å². The van der Waals surface area contributed by atoms with Crippen molar-refractivity contribution in [2.45, 2.75) is 0 Å². The number of halogens is 1. The molecule has 0 N–H and O–H groups in total. The Bertz CT molecular complexity index is 13.5. The van der Waals surface area contributed by atoms with Crippen molar-refractivity contribution in [1.82, 2.24) is 0 Å². The molecule has 0 saturated carbocycles. The Hall–Kier alpha value is 2.82. The van der Waals surface area contributed by atoms with Crippen molar-refractivity contribution in [2.24, 2.45) is 0 Å². The van der Waals surface area contributed by atoms with E-state index < -0.39 is 0 Å². The zero-order chi connectivity index (χ0) is 2.00. The van der Waals surface area contributed by atoms with Gasteiger partial charge in [-0.15, -0.1) is 0 Å². The first-order valence-electron chi connectivity index (χ1n) is 0.154. The third-order valence-electron chi connectivity index (χ3n) is 0. The van der Waals surface area contributed by atoms with Gasteiger partial charge in [-0.3, -0.25) is 0 Å². The standard InChI is InChI=1S/Ba.ClO.Na.2H/c;1-2;;;/q+2;-1;+1;2*-1. The summed E-state index contributed by atoms with van der Waals surface area (Å²) in [7, 11) is 0. The predicted octanol–water partition coefficient (Wildman–Crippen LogP) is -3.65. The van der Waals surface area contributed by atoms with Crippen LogP contribution < -0.4 is 34.2 Å². The van der Waals surface area contributed by atoms with Crippen molar-refractivity contribution < 1.29 is 37.1 Å². The molecule has 0 radical (unpaired) electrons. The van der Waals surface area contributed by atoms with Crippen LogP contribution in [0.1, 0.15) is 2.85 Å². The van der Waals surface area contributed by atoms with Crippen molar-refractivity contribution in [3.05, 3.63) is 0 Å². The van der Waals surface area contributed by atoms with E-state index in [9.17, 15) is 0 Å². The summed E-state index contributed by atoms with van der Waals surface area (Å²) >= 11 is 3.39. The molecule has 0 aromatic rings. The van der Waals surface area contributed by atoms with Gasteiger partial charge in [0.2, 0.25) is 0 Å². The minimum absolute atomic E-state index is 0. The van der Waals surface area contributed by atoms with Crippen molar-refractivity contribution in [3.63, 3.8) is 0 Å². The third-order valence-corrected chi connectivity index (χ3v) is 0. The zero-order valence-corrected chi connectivity index (χ0v) is 9.69. The molecule has 0 bridgehead atoms. The molecule has 0 aliphatic heterocycles. The van der Waals surface area contributed by atoms with Gasteiger partial charge in [0.05, 0.1) is 0 Å². The summed E-state index contributed by atoms with van der Waals surface area (Å²) < 4.78 is 7.72. The molecule has 0 aliphatic rings. The van der Waals surface area contributed by atoms with Crippen LogP contribution in [0.2, 0.25) is 0 Å². The van der Waals surface area contributed by atoms with E-state index in [1.165, 1.54) is 0 Å². The first kappa shape index (κ1) is 15.8. The molecule has 0 fully saturated rings. The van der Waals surface area contributed by atoms with Gasteiger partial charge in [-0.2, -0.15) is 0 Å². The van der Waals surface area contributed by atoms with E-state index >= 15 is 0 Å². The maximum atomic E-state index is 7.72. The minimum atomic E-state index is 0. The van der Waals surface area contributed by atoms with Crippen LogP contribution in [-0.4, -0.2) is 48.9 Å². The van der Waals surface area contributed by atoms with Gasteiger partial charge in [0.25, 0.3) is 0 Å². The van der Waals surface area contributed by atoms with E-state index in [1.54, 1.807) is 0 Å². The summed E-state index contributed by atoms with van der Waals surface area (Å²) in [4.78, 5) is 0. The summed E-state index contributed by atoms with van der Waals surface area (Å²) in [5.74, 6) is 0. The molecule has 1 nitrogen and oxygen atoms in total. The molecule has 4 heteroatoms. The molecule has 0 spiro atoms. The quantitative estimate of drug-likeness (QED) is 0.381. The average Bonchev–Trinajstić information content (AvgIpc) is 1.00. The minimum Gasteiger partial charge on any atom is -1.00 e. The van der Waals surface area contributed by atoms with Crippen molar-refractivity contribution in [3.8, 4) is 0 Å². The average molecular weight is 214 g/mol. The molecule has 18 valence electrons. The van der Waals surface area contributed by atoms with E-state index in [1.807, 2.05) is 0 Å². The Morgan fingerprint density at radius 1 is 1.50 bits per heavy atom. The van der Waals surface area contributed by atoms with E-state index in [-0.39, 0.29) is 81.3 Å². The van der Waals surface area contributed by atoms with Crippen molar-refractivity contribution in [1.29, 1.82) is 0 Å². The van der Waals surface area contributed by atoms with Crippen LogP contribution in [0.25, 0.3) is 0 Å². The van der Waals surface area contributed by atoms with Crippen LogP contribution in [0.4, 0.5) is 0 Å². The SMILES string of the molecule is [Ba+2].[H-].[H-].[Na+].[O-]Cl. The molecule has 0 heterocycles. The van der Waals surface area contributed by atoms with Crippen molar-refractivity contribution >= 4 is 60.7 Å². The van der Waals surface area contributed by atoms with Gasteiger partial charge in [-0.1, -0.05) is 0 Å².